The molecule has 10 nitrogen and oxygen atoms in total. The maximum atomic E-state index is 14.0. The minimum atomic E-state index is -3.66. The van der Waals surface area contributed by atoms with Crippen molar-refractivity contribution >= 4 is 39.1 Å². The van der Waals surface area contributed by atoms with Crippen molar-refractivity contribution in [2.75, 3.05) is 30.0 Å². The molecular weight excluding hydrogens is 539 g/mol. The van der Waals surface area contributed by atoms with Crippen LogP contribution in [0.5, 0.6) is 0 Å². The predicted molar refractivity (Wildman–Crippen MR) is 149 cm³/mol. The zero-order valence-corrected chi connectivity index (χ0v) is 22.9. The number of rotatable bonds is 12. The summed E-state index contributed by atoms with van der Waals surface area (Å²) in [6, 6.07) is 15.5. The van der Waals surface area contributed by atoms with E-state index in [1.165, 1.54) is 35.9 Å². The molecule has 40 heavy (non-hydrogen) atoms. The Morgan fingerprint density at radius 2 is 1.70 bits per heavy atom. The Hall–Kier alpha value is -4.45. The van der Waals surface area contributed by atoms with E-state index in [-0.39, 0.29) is 47.1 Å². The Bertz CT molecular complexity index is 1510. The number of halogens is 1. The first-order valence-electron chi connectivity index (χ1n) is 12.4. The van der Waals surface area contributed by atoms with Crippen molar-refractivity contribution in [1.82, 2.24) is 5.32 Å². The first kappa shape index (κ1) is 30.1. The van der Waals surface area contributed by atoms with Gasteiger partial charge in [0.1, 0.15) is 5.82 Å². The molecule has 212 valence electrons. The molecule has 0 atom stereocenters. The van der Waals surface area contributed by atoms with Gasteiger partial charge < -0.3 is 21.1 Å². The van der Waals surface area contributed by atoms with Gasteiger partial charge in [0.25, 0.3) is 0 Å². The number of hydrogen-bond acceptors (Lipinski definition) is 7. The third kappa shape index (κ3) is 8.53. The van der Waals surface area contributed by atoms with Crippen LogP contribution in [0.2, 0.25) is 0 Å². The van der Waals surface area contributed by atoms with Gasteiger partial charge in [-0.05, 0) is 59.5 Å². The monoisotopic (exact) mass is 570 g/mol. The van der Waals surface area contributed by atoms with Crippen molar-refractivity contribution in [3.8, 4) is 0 Å². The highest BCUT2D eigenvalue weighted by molar-refractivity contribution is 7.90. The Labute approximate surface area is 232 Å². The van der Waals surface area contributed by atoms with E-state index in [1.807, 2.05) is 31.2 Å². The Balaban J connectivity index is 1.61. The van der Waals surface area contributed by atoms with E-state index < -0.39 is 33.6 Å². The molecule has 0 unspecified atom stereocenters. The molecule has 0 aliphatic carbocycles. The zero-order valence-electron chi connectivity index (χ0n) is 22.1. The predicted octanol–water partition coefficient (Wildman–Crippen LogP) is 3.41. The molecule has 5 N–H and O–H groups in total. The summed E-state index contributed by atoms with van der Waals surface area (Å²) < 4.78 is 43.9. The molecule has 3 aromatic rings. The van der Waals surface area contributed by atoms with Gasteiger partial charge in [-0.3, -0.25) is 14.9 Å². The normalized spacial score (nSPS) is 11.0. The first-order valence-corrected chi connectivity index (χ1v) is 14.3. The Morgan fingerprint density at radius 1 is 0.975 bits per heavy atom. The van der Waals surface area contributed by atoms with Crippen LogP contribution in [-0.4, -0.2) is 45.7 Å². The molecule has 0 aromatic heterocycles. The molecule has 0 bridgehead atoms. The fourth-order valence-electron chi connectivity index (χ4n) is 3.96. The number of carbonyl (C=O) groups excluding carboxylic acids is 3. The van der Waals surface area contributed by atoms with Crippen LogP contribution < -0.4 is 21.7 Å². The molecule has 0 aliphatic rings. The van der Waals surface area contributed by atoms with Crippen LogP contribution in [0.25, 0.3) is 0 Å². The van der Waals surface area contributed by atoms with Crippen LogP contribution >= 0.6 is 0 Å². The lowest BCUT2D eigenvalue weighted by Gasteiger charge is -2.14. The minimum absolute atomic E-state index is 0.0314. The summed E-state index contributed by atoms with van der Waals surface area (Å²) in [6.07, 6.45) is 1.73. The Morgan fingerprint density at radius 3 is 2.38 bits per heavy atom. The third-order valence-corrected chi connectivity index (χ3v) is 7.17. The molecule has 3 aromatic carbocycles. The SMILES string of the molecule is CCc1ccccc1CCOC(=O)Nc1ccc(S(C)(=O)=O)c(CNC(=O)CNc2cc(C(N)=O)ccc2F)c1. The van der Waals surface area contributed by atoms with E-state index in [0.29, 0.717) is 6.42 Å². The van der Waals surface area contributed by atoms with E-state index in [9.17, 15) is 27.2 Å². The van der Waals surface area contributed by atoms with E-state index >= 15 is 0 Å². The van der Waals surface area contributed by atoms with E-state index in [1.54, 1.807) is 0 Å². The third-order valence-electron chi connectivity index (χ3n) is 5.98. The minimum Gasteiger partial charge on any atom is -0.449 e. The first-order chi connectivity index (χ1) is 19.0. The summed E-state index contributed by atoms with van der Waals surface area (Å²) in [6.45, 7) is 1.65. The van der Waals surface area contributed by atoms with Crippen molar-refractivity contribution in [3.05, 3.63) is 88.7 Å². The second kappa shape index (κ2) is 13.6. The summed E-state index contributed by atoms with van der Waals surface area (Å²) >= 11 is 0. The van der Waals surface area contributed by atoms with E-state index in [4.69, 9.17) is 10.5 Å². The van der Waals surface area contributed by atoms with Crippen molar-refractivity contribution in [2.24, 2.45) is 5.73 Å². The molecule has 0 radical (unpaired) electrons. The molecular formula is C28H31FN4O6S. The van der Waals surface area contributed by atoms with Crippen LogP contribution in [0.3, 0.4) is 0 Å². The van der Waals surface area contributed by atoms with Gasteiger partial charge in [0.15, 0.2) is 9.84 Å². The number of hydrogen-bond donors (Lipinski definition) is 4. The number of benzene rings is 3. The van der Waals surface area contributed by atoms with Crippen LogP contribution in [0.15, 0.2) is 65.6 Å². The largest absolute Gasteiger partial charge is 0.449 e. The molecule has 3 rings (SSSR count). The van der Waals surface area contributed by atoms with Crippen LogP contribution in [0.4, 0.5) is 20.6 Å². The number of anilines is 2. The van der Waals surface area contributed by atoms with Crippen LogP contribution in [0.1, 0.15) is 34.0 Å². The number of carbonyl (C=O) groups is 3. The Kier molecular flexibility index (Phi) is 10.2. The zero-order chi connectivity index (χ0) is 29.3. The summed E-state index contributed by atoms with van der Waals surface area (Å²) in [4.78, 5) is 36.0. The fourth-order valence-corrected chi connectivity index (χ4v) is 4.88. The number of sulfone groups is 1. The number of ether oxygens (including phenoxy) is 1. The summed E-state index contributed by atoms with van der Waals surface area (Å²) in [7, 11) is -3.66. The fraction of sp³-hybridized carbons (Fsp3) is 0.250. The molecule has 0 saturated heterocycles. The summed E-state index contributed by atoms with van der Waals surface area (Å²) in [5, 5.41) is 7.71. The average molecular weight is 571 g/mol. The highest BCUT2D eigenvalue weighted by Crippen LogP contribution is 2.21. The van der Waals surface area contributed by atoms with Crippen molar-refractivity contribution in [2.45, 2.75) is 31.2 Å². The highest BCUT2D eigenvalue weighted by atomic mass is 32.2. The quantitative estimate of drug-likeness (QED) is 0.260. The van der Waals surface area contributed by atoms with Crippen molar-refractivity contribution in [3.63, 3.8) is 0 Å². The molecule has 0 aliphatic heterocycles. The standard InChI is InChI=1S/C28H31FN4O6S/c1-3-18-6-4-5-7-19(18)12-13-39-28(36)33-22-9-11-25(40(2,37)38)21(14-22)16-32-26(34)17-31-24-15-20(27(30)35)8-10-23(24)29/h4-11,14-15,31H,3,12-13,16-17H2,1-2H3,(H2,30,35)(H,32,34)(H,33,36). The molecule has 3 amide bonds. The summed E-state index contributed by atoms with van der Waals surface area (Å²) in [5.41, 5.74) is 7.94. The topological polar surface area (TPSA) is 157 Å². The number of primary amides is 1. The number of nitrogens with two attached hydrogens (primary N) is 1. The van der Waals surface area contributed by atoms with E-state index in [2.05, 4.69) is 16.0 Å². The van der Waals surface area contributed by atoms with Gasteiger partial charge in [-0.1, -0.05) is 31.2 Å². The average Bonchev–Trinajstić information content (AvgIpc) is 2.91. The molecule has 12 heteroatoms. The lowest BCUT2D eigenvalue weighted by atomic mass is 10.0. The second-order valence-electron chi connectivity index (χ2n) is 8.92. The number of nitrogens with one attached hydrogen (secondary N) is 3. The molecule has 0 spiro atoms. The molecule has 0 saturated carbocycles. The lowest BCUT2D eigenvalue weighted by molar-refractivity contribution is -0.119. The van der Waals surface area contributed by atoms with E-state index in [0.717, 1.165) is 24.3 Å². The van der Waals surface area contributed by atoms with Gasteiger partial charge in [0.2, 0.25) is 11.8 Å². The van der Waals surface area contributed by atoms with Crippen molar-refractivity contribution in [1.29, 1.82) is 0 Å². The van der Waals surface area contributed by atoms with Gasteiger partial charge in [0.05, 0.1) is 23.7 Å². The summed E-state index contributed by atoms with van der Waals surface area (Å²) in [5.74, 6) is -2.01. The number of aryl methyl sites for hydroxylation is 1. The lowest BCUT2D eigenvalue weighted by Crippen LogP contribution is -2.30. The van der Waals surface area contributed by atoms with Crippen LogP contribution in [-0.2, 0) is 38.8 Å². The van der Waals surface area contributed by atoms with Gasteiger partial charge in [0, 0.05) is 30.5 Å². The smallest absolute Gasteiger partial charge is 0.411 e. The molecule has 0 fully saturated rings. The van der Waals surface area contributed by atoms with Gasteiger partial charge in [-0.25, -0.2) is 17.6 Å². The highest BCUT2D eigenvalue weighted by Gasteiger charge is 2.16. The maximum Gasteiger partial charge on any atom is 0.411 e. The van der Waals surface area contributed by atoms with Gasteiger partial charge >= 0.3 is 6.09 Å². The van der Waals surface area contributed by atoms with Crippen LogP contribution in [0, 0.1) is 5.82 Å². The second-order valence-corrected chi connectivity index (χ2v) is 10.9. The molecule has 0 heterocycles. The van der Waals surface area contributed by atoms with Crippen molar-refractivity contribution < 1.29 is 31.9 Å². The number of amides is 3. The van der Waals surface area contributed by atoms with Gasteiger partial charge in [-0.2, -0.15) is 0 Å². The van der Waals surface area contributed by atoms with Gasteiger partial charge in [-0.15, -0.1) is 0 Å². The maximum absolute atomic E-state index is 14.0.